The van der Waals surface area contributed by atoms with Gasteiger partial charge >= 0.3 is 0 Å². The van der Waals surface area contributed by atoms with Gasteiger partial charge in [-0.3, -0.25) is 9.59 Å². The van der Waals surface area contributed by atoms with E-state index >= 15 is 0 Å². The van der Waals surface area contributed by atoms with Gasteiger partial charge in [0.2, 0.25) is 5.91 Å². The van der Waals surface area contributed by atoms with E-state index in [2.05, 4.69) is 48.3 Å². The SMILES string of the molecule is CC1(C)CC(=O)C2=C(C1)Nc1ccccc1N(CC(=O)N1CCCCC1)[C@@H]2[C@H]1CC=CCC1. The van der Waals surface area contributed by atoms with E-state index in [0.717, 1.165) is 74.3 Å². The van der Waals surface area contributed by atoms with Crippen molar-refractivity contribution in [2.45, 2.75) is 71.3 Å². The summed E-state index contributed by atoms with van der Waals surface area (Å²) in [5, 5.41) is 3.67. The first kappa shape index (κ1) is 22.2. The molecule has 0 aromatic heterocycles. The molecule has 0 unspecified atom stereocenters. The quantitative estimate of drug-likeness (QED) is 0.639. The van der Waals surface area contributed by atoms with Crippen LogP contribution in [0, 0.1) is 11.3 Å². The third-order valence-electron chi connectivity index (χ3n) is 7.82. The minimum atomic E-state index is -0.0709. The zero-order chi connectivity index (χ0) is 23.0. The van der Waals surface area contributed by atoms with Crippen molar-refractivity contribution in [1.29, 1.82) is 0 Å². The highest BCUT2D eigenvalue weighted by molar-refractivity contribution is 6.01. The number of allylic oxidation sites excluding steroid dienone is 3. The number of fused-ring (bicyclic) bond motifs is 1. The maximum Gasteiger partial charge on any atom is 0.242 e. The van der Waals surface area contributed by atoms with Gasteiger partial charge in [-0.15, -0.1) is 0 Å². The Morgan fingerprint density at radius 3 is 2.64 bits per heavy atom. The fourth-order valence-electron chi connectivity index (χ4n) is 6.25. The highest BCUT2D eigenvalue weighted by atomic mass is 16.2. The summed E-state index contributed by atoms with van der Waals surface area (Å²) in [5.41, 5.74) is 3.99. The maximum atomic E-state index is 13.7. The van der Waals surface area contributed by atoms with Gasteiger partial charge < -0.3 is 15.1 Å². The first-order valence-corrected chi connectivity index (χ1v) is 12.7. The Hall–Kier alpha value is -2.56. The van der Waals surface area contributed by atoms with Crippen LogP contribution in [0.3, 0.4) is 0 Å². The van der Waals surface area contributed by atoms with Crippen LogP contribution in [0.25, 0.3) is 0 Å². The monoisotopic (exact) mass is 447 g/mol. The smallest absolute Gasteiger partial charge is 0.242 e. The van der Waals surface area contributed by atoms with Crippen LogP contribution in [0.2, 0.25) is 0 Å². The van der Waals surface area contributed by atoms with Crippen molar-refractivity contribution in [3.8, 4) is 0 Å². The number of para-hydroxylation sites is 2. The van der Waals surface area contributed by atoms with Gasteiger partial charge in [-0.05, 0) is 68.4 Å². The predicted octanol–water partition coefficient (Wildman–Crippen LogP) is 5.30. The van der Waals surface area contributed by atoms with E-state index in [1.807, 2.05) is 17.0 Å². The van der Waals surface area contributed by atoms with Crippen molar-refractivity contribution in [1.82, 2.24) is 4.90 Å². The summed E-state index contributed by atoms with van der Waals surface area (Å²) in [6, 6.07) is 8.22. The molecule has 4 aliphatic rings. The van der Waals surface area contributed by atoms with Crippen LogP contribution in [-0.4, -0.2) is 42.3 Å². The molecule has 0 saturated carbocycles. The molecular formula is C28H37N3O2. The average Bonchev–Trinajstić information content (AvgIpc) is 2.94. The van der Waals surface area contributed by atoms with E-state index < -0.39 is 0 Å². The van der Waals surface area contributed by atoms with E-state index in [0.29, 0.717) is 18.9 Å². The van der Waals surface area contributed by atoms with Gasteiger partial charge in [-0.1, -0.05) is 38.1 Å². The summed E-state index contributed by atoms with van der Waals surface area (Å²) in [6.45, 7) is 6.40. The molecule has 1 aromatic rings. The summed E-state index contributed by atoms with van der Waals surface area (Å²) in [5.74, 6) is 0.761. The van der Waals surface area contributed by atoms with E-state index in [4.69, 9.17) is 0 Å². The van der Waals surface area contributed by atoms with Gasteiger partial charge in [0.05, 0.1) is 24.0 Å². The lowest BCUT2D eigenvalue weighted by molar-refractivity contribution is -0.130. The van der Waals surface area contributed by atoms with Crippen molar-refractivity contribution in [3.05, 3.63) is 47.7 Å². The number of anilines is 2. The Kier molecular flexibility index (Phi) is 6.07. The Labute approximate surface area is 197 Å². The first-order chi connectivity index (χ1) is 15.9. The molecule has 1 saturated heterocycles. The summed E-state index contributed by atoms with van der Waals surface area (Å²) in [6.07, 6.45) is 12.4. The standard InChI is InChI=1S/C28H37N3O2/c1-28(2)17-22-26(24(32)18-28)27(20-11-5-3-6-12-20)31(23-14-8-7-13-21(23)29-22)19-25(33)30-15-9-4-10-16-30/h3,5,7-8,13-14,20,27,29H,4,6,9-12,15-19H2,1-2H3/t20-,27+/m0/s1. The van der Waals surface area contributed by atoms with Crippen LogP contribution < -0.4 is 10.2 Å². The minimum Gasteiger partial charge on any atom is -0.357 e. The van der Waals surface area contributed by atoms with E-state index in [9.17, 15) is 9.59 Å². The van der Waals surface area contributed by atoms with Gasteiger partial charge in [-0.2, -0.15) is 0 Å². The van der Waals surface area contributed by atoms with Crippen LogP contribution >= 0.6 is 0 Å². The molecule has 2 aliphatic carbocycles. The van der Waals surface area contributed by atoms with Crippen molar-refractivity contribution in [2.24, 2.45) is 11.3 Å². The highest BCUT2D eigenvalue weighted by Crippen LogP contribution is 2.46. The van der Waals surface area contributed by atoms with Gasteiger partial charge in [0.25, 0.3) is 0 Å². The van der Waals surface area contributed by atoms with Crippen LogP contribution in [0.1, 0.15) is 65.2 Å². The van der Waals surface area contributed by atoms with Gasteiger partial charge in [0.15, 0.2) is 5.78 Å². The van der Waals surface area contributed by atoms with Crippen LogP contribution in [0.5, 0.6) is 0 Å². The van der Waals surface area contributed by atoms with Gasteiger partial charge in [0.1, 0.15) is 0 Å². The zero-order valence-corrected chi connectivity index (χ0v) is 20.1. The van der Waals surface area contributed by atoms with E-state index in [1.54, 1.807) is 0 Å². The summed E-state index contributed by atoms with van der Waals surface area (Å²) < 4.78 is 0. The topological polar surface area (TPSA) is 52.7 Å². The summed E-state index contributed by atoms with van der Waals surface area (Å²) in [4.78, 5) is 31.5. The normalized spacial score (nSPS) is 26.9. The molecule has 5 rings (SSSR count). The number of nitrogens with zero attached hydrogens (tertiary/aromatic N) is 2. The number of hydrogen-bond acceptors (Lipinski definition) is 4. The highest BCUT2D eigenvalue weighted by Gasteiger charge is 2.44. The second-order valence-electron chi connectivity index (χ2n) is 11.0. The Bertz CT molecular complexity index is 987. The predicted molar refractivity (Wildman–Crippen MR) is 133 cm³/mol. The lowest BCUT2D eigenvalue weighted by Gasteiger charge is -2.42. The van der Waals surface area contributed by atoms with Crippen LogP contribution in [0.15, 0.2) is 47.7 Å². The van der Waals surface area contributed by atoms with Crippen molar-refractivity contribution >= 4 is 23.1 Å². The maximum absolute atomic E-state index is 13.7. The van der Waals surface area contributed by atoms with Crippen molar-refractivity contribution < 1.29 is 9.59 Å². The Morgan fingerprint density at radius 1 is 1.09 bits per heavy atom. The number of hydrogen-bond donors (Lipinski definition) is 1. The molecular weight excluding hydrogens is 410 g/mol. The zero-order valence-electron chi connectivity index (χ0n) is 20.1. The fourth-order valence-corrected chi connectivity index (χ4v) is 6.25. The molecule has 5 heteroatoms. The van der Waals surface area contributed by atoms with E-state index in [-0.39, 0.29) is 23.1 Å². The number of carbonyl (C=O) groups excluding carboxylic acids is 2. The van der Waals surface area contributed by atoms with Gasteiger partial charge in [0, 0.05) is 30.8 Å². The Balaban J connectivity index is 1.60. The average molecular weight is 448 g/mol. The van der Waals surface area contributed by atoms with Crippen molar-refractivity contribution in [2.75, 3.05) is 29.9 Å². The lowest BCUT2D eigenvalue weighted by Crippen LogP contribution is -2.51. The molecule has 2 heterocycles. The molecule has 2 aliphatic heterocycles. The fraction of sp³-hybridized carbons (Fsp3) is 0.571. The molecule has 1 amide bonds. The molecule has 0 spiro atoms. The number of benzene rings is 1. The lowest BCUT2D eigenvalue weighted by atomic mass is 9.71. The summed E-state index contributed by atoms with van der Waals surface area (Å²) in [7, 11) is 0. The number of rotatable bonds is 3. The molecule has 33 heavy (non-hydrogen) atoms. The molecule has 5 nitrogen and oxygen atoms in total. The van der Waals surface area contributed by atoms with Gasteiger partial charge in [-0.25, -0.2) is 0 Å². The molecule has 1 fully saturated rings. The summed E-state index contributed by atoms with van der Waals surface area (Å²) >= 11 is 0. The number of nitrogens with one attached hydrogen (secondary N) is 1. The second-order valence-corrected chi connectivity index (χ2v) is 11.0. The molecule has 1 aromatic carbocycles. The van der Waals surface area contributed by atoms with Crippen LogP contribution in [0.4, 0.5) is 11.4 Å². The molecule has 176 valence electrons. The largest absolute Gasteiger partial charge is 0.357 e. The van der Waals surface area contributed by atoms with Crippen LogP contribution in [-0.2, 0) is 9.59 Å². The number of Topliss-reactive ketones (excluding diaryl/α,β-unsaturated/α-hetero) is 1. The number of ketones is 1. The number of piperidine rings is 1. The third kappa shape index (κ3) is 4.47. The van der Waals surface area contributed by atoms with E-state index in [1.165, 1.54) is 6.42 Å². The number of amides is 1. The Morgan fingerprint density at radius 2 is 1.88 bits per heavy atom. The number of likely N-dealkylation sites (tertiary alicyclic amines) is 1. The first-order valence-electron chi connectivity index (χ1n) is 12.7. The molecule has 1 N–H and O–H groups in total. The van der Waals surface area contributed by atoms with Crippen molar-refractivity contribution in [3.63, 3.8) is 0 Å². The second kappa shape index (κ2) is 9.00. The third-order valence-corrected chi connectivity index (χ3v) is 7.82. The molecule has 0 bridgehead atoms. The molecule has 2 atom stereocenters. The minimum absolute atomic E-state index is 0.0618. The number of carbonyl (C=O) groups is 2. The molecule has 0 radical (unpaired) electrons.